The molecule has 7 nitrogen and oxygen atoms in total. The molecule has 2 unspecified atom stereocenters. The van der Waals surface area contributed by atoms with Crippen molar-refractivity contribution in [3.8, 4) is 11.6 Å². The largest absolute Gasteiger partial charge is 0.356 e. The van der Waals surface area contributed by atoms with E-state index in [9.17, 15) is 0 Å². The molecule has 1 saturated carbocycles. The molecule has 8 heteroatoms. The van der Waals surface area contributed by atoms with E-state index in [1.807, 2.05) is 30.0 Å². The molecule has 26 heavy (non-hydrogen) atoms. The summed E-state index contributed by atoms with van der Waals surface area (Å²) in [4.78, 5) is 12.9. The van der Waals surface area contributed by atoms with Gasteiger partial charge in [0.2, 0.25) is 0 Å². The first-order chi connectivity index (χ1) is 12.8. The molecule has 2 aromatic heterocycles. The number of thioether (sulfide) groups is 1. The van der Waals surface area contributed by atoms with Crippen molar-refractivity contribution in [2.24, 2.45) is 4.99 Å². The van der Waals surface area contributed by atoms with E-state index in [1.54, 1.807) is 13.2 Å². The maximum atomic E-state index is 5.28. The third-order valence-electron chi connectivity index (χ3n) is 4.52. The van der Waals surface area contributed by atoms with Crippen LogP contribution < -0.4 is 10.6 Å². The molecule has 0 bridgehead atoms. The van der Waals surface area contributed by atoms with Gasteiger partial charge in [-0.1, -0.05) is 17.6 Å². The zero-order valence-corrected chi connectivity index (χ0v) is 16.1. The second kappa shape index (κ2) is 9.56. The Labute approximate surface area is 158 Å². The first-order valence-corrected chi connectivity index (χ1v) is 10.3. The van der Waals surface area contributed by atoms with Crippen molar-refractivity contribution in [1.82, 2.24) is 25.8 Å². The molecule has 2 heterocycles. The van der Waals surface area contributed by atoms with Gasteiger partial charge in [-0.3, -0.25) is 9.98 Å². The first kappa shape index (κ1) is 18.7. The molecule has 1 aliphatic rings. The fraction of sp³-hybridized carbons (Fsp3) is 0.556. The Hall–Kier alpha value is -2.09. The zero-order valence-electron chi connectivity index (χ0n) is 15.3. The summed E-state index contributed by atoms with van der Waals surface area (Å²) < 4.78 is 5.28. The Bertz CT molecular complexity index is 705. The third-order valence-corrected chi connectivity index (χ3v) is 5.61. The Morgan fingerprint density at radius 3 is 3.08 bits per heavy atom. The van der Waals surface area contributed by atoms with Gasteiger partial charge >= 0.3 is 0 Å². The Balaban J connectivity index is 1.45. The zero-order chi connectivity index (χ0) is 18.2. The van der Waals surface area contributed by atoms with Crippen molar-refractivity contribution < 1.29 is 4.52 Å². The van der Waals surface area contributed by atoms with E-state index in [4.69, 9.17) is 4.52 Å². The predicted octanol–water partition coefficient (Wildman–Crippen LogP) is 2.51. The highest BCUT2D eigenvalue weighted by molar-refractivity contribution is 7.99. The monoisotopic (exact) mass is 374 g/mol. The van der Waals surface area contributed by atoms with Crippen LogP contribution in [0.15, 0.2) is 33.9 Å². The molecule has 0 aliphatic heterocycles. The third kappa shape index (κ3) is 5.20. The van der Waals surface area contributed by atoms with Crippen molar-refractivity contribution in [2.75, 3.05) is 19.8 Å². The van der Waals surface area contributed by atoms with Gasteiger partial charge < -0.3 is 15.2 Å². The number of nitrogens with zero attached hydrogens (tertiary/aromatic N) is 4. The van der Waals surface area contributed by atoms with Gasteiger partial charge in [-0.2, -0.15) is 16.7 Å². The number of aliphatic imine (C=N–C) groups is 1. The van der Waals surface area contributed by atoms with Gasteiger partial charge in [0.05, 0.1) is 0 Å². The molecular formula is C18H26N6OS. The van der Waals surface area contributed by atoms with E-state index in [-0.39, 0.29) is 0 Å². The van der Waals surface area contributed by atoms with Crippen LogP contribution in [0.25, 0.3) is 11.6 Å². The molecule has 3 rings (SSSR count). The molecule has 2 aromatic rings. The number of rotatable bonds is 6. The number of hydrogen-bond acceptors (Lipinski definition) is 6. The van der Waals surface area contributed by atoms with Gasteiger partial charge in [-0.05, 0) is 37.7 Å². The predicted molar refractivity (Wildman–Crippen MR) is 105 cm³/mol. The maximum absolute atomic E-state index is 5.28. The van der Waals surface area contributed by atoms with Crippen molar-refractivity contribution in [1.29, 1.82) is 0 Å². The average Bonchev–Trinajstić information content (AvgIpc) is 3.17. The van der Waals surface area contributed by atoms with Gasteiger partial charge in [0.25, 0.3) is 5.89 Å². The molecule has 0 aromatic carbocycles. The average molecular weight is 375 g/mol. The standard InChI is InChI=1S/C18H26N6OS/c1-19-18(22-13-6-5-7-14(12-13)26-2)21-11-9-16-23-17(25-24-16)15-8-3-4-10-20-15/h3-4,8,10,13-14H,5-7,9,11-12H2,1-2H3,(H2,19,21,22). The Morgan fingerprint density at radius 2 is 2.31 bits per heavy atom. The lowest BCUT2D eigenvalue weighted by Gasteiger charge is -2.29. The Morgan fingerprint density at radius 1 is 1.38 bits per heavy atom. The lowest BCUT2D eigenvalue weighted by Crippen LogP contribution is -2.46. The van der Waals surface area contributed by atoms with E-state index in [1.165, 1.54) is 25.7 Å². The lowest BCUT2D eigenvalue weighted by atomic mass is 9.95. The van der Waals surface area contributed by atoms with Crippen LogP contribution in [0, 0.1) is 0 Å². The number of guanidine groups is 1. The van der Waals surface area contributed by atoms with Crippen molar-refractivity contribution in [3.63, 3.8) is 0 Å². The normalized spacial score (nSPS) is 20.8. The van der Waals surface area contributed by atoms with Crippen LogP contribution in [0.3, 0.4) is 0 Å². The SMILES string of the molecule is CN=C(NCCc1noc(-c2ccccn2)n1)NC1CCCC(SC)C1. The van der Waals surface area contributed by atoms with Crippen LogP contribution >= 0.6 is 11.8 Å². The Kier molecular flexibility index (Phi) is 6.88. The van der Waals surface area contributed by atoms with Crippen molar-refractivity contribution >= 4 is 17.7 Å². The molecule has 0 radical (unpaired) electrons. The number of pyridine rings is 1. The molecule has 2 N–H and O–H groups in total. The van der Waals surface area contributed by atoms with E-state index in [0.29, 0.717) is 36.4 Å². The van der Waals surface area contributed by atoms with Gasteiger partial charge in [0, 0.05) is 37.5 Å². The van der Waals surface area contributed by atoms with E-state index < -0.39 is 0 Å². The number of hydrogen-bond donors (Lipinski definition) is 2. The quantitative estimate of drug-likeness (QED) is 0.593. The highest BCUT2D eigenvalue weighted by Gasteiger charge is 2.21. The van der Waals surface area contributed by atoms with Crippen LogP contribution in [0.5, 0.6) is 0 Å². The summed E-state index contributed by atoms with van der Waals surface area (Å²) in [5.74, 6) is 1.95. The van der Waals surface area contributed by atoms with Crippen LogP contribution in [-0.2, 0) is 6.42 Å². The molecule has 2 atom stereocenters. The van der Waals surface area contributed by atoms with Gasteiger partial charge in [0.15, 0.2) is 11.8 Å². The summed E-state index contributed by atoms with van der Waals surface area (Å²) >= 11 is 1.97. The molecule has 1 aliphatic carbocycles. The van der Waals surface area contributed by atoms with Crippen LogP contribution in [0.1, 0.15) is 31.5 Å². The molecular weight excluding hydrogens is 348 g/mol. The highest BCUT2D eigenvalue weighted by Crippen LogP contribution is 2.26. The lowest BCUT2D eigenvalue weighted by molar-refractivity contribution is 0.417. The second-order valence-corrected chi connectivity index (χ2v) is 7.48. The molecule has 1 fully saturated rings. The topological polar surface area (TPSA) is 88.2 Å². The molecule has 0 saturated heterocycles. The van der Waals surface area contributed by atoms with E-state index >= 15 is 0 Å². The second-order valence-electron chi connectivity index (χ2n) is 6.35. The van der Waals surface area contributed by atoms with E-state index in [0.717, 1.165) is 11.2 Å². The van der Waals surface area contributed by atoms with E-state index in [2.05, 4.69) is 37.0 Å². The highest BCUT2D eigenvalue weighted by atomic mass is 32.2. The summed E-state index contributed by atoms with van der Waals surface area (Å²) in [7, 11) is 1.80. The minimum Gasteiger partial charge on any atom is -0.356 e. The molecule has 0 amide bonds. The van der Waals surface area contributed by atoms with Crippen LogP contribution in [0.4, 0.5) is 0 Å². The summed E-state index contributed by atoms with van der Waals surface area (Å²) in [6.07, 6.45) is 9.57. The summed E-state index contributed by atoms with van der Waals surface area (Å²) in [5, 5.41) is 11.7. The minimum absolute atomic E-state index is 0.452. The smallest absolute Gasteiger partial charge is 0.276 e. The van der Waals surface area contributed by atoms with Gasteiger partial charge in [-0.25, -0.2) is 0 Å². The fourth-order valence-electron chi connectivity index (χ4n) is 3.12. The molecule has 140 valence electrons. The molecule has 0 spiro atoms. The maximum Gasteiger partial charge on any atom is 0.276 e. The van der Waals surface area contributed by atoms with Gasteiger partial charge in [0.1, 0.15) is 5.69 Å². The minimum atomic E-state index is 0.452. The number of nitrogens with one attached hydrogen (secondary N) is 2. The summed E-state index contributed by atoms with van der Waals surface area (Å²) in [6.45, 7) is 0.694. The number of aromatic nitrogens is 3. The van der Waals surface area contributed by atoms with Crippen LogP contribution in [-0.4, -0.2) is 52.2 Å². The van der Waals surface area contributed by atoms with Crippen molar-refractivity contribution in [3.05, 3.63) is 30.2 Å². The van der Waals surface area contributed by atoms with Gasteiger partial charge in [-0.15, -0.1) is 0 Å². The summed E-state index contributed by atoms with van der Waals surface area (Å²) in [5.41, 5.74) is 0.692. The van der Waals surface area contributed by atoms with Crippen molar-refractivity contribution in [2.45, 2.75) is 43.4 Å². The first-order valence-electron chi connectivity index (χ1n) is 9.02. The summed E-state index contributed by atoms with van der Waals surface area (Å²) in [6, 6.07) is 6.11. The van der Waals surface area contributed by atoms with Crippen LogP contribution in [0.2, 0.25) is 0 Å². The fourth-order valence-corrected chi connectivity index (χ4v) is 3.95.